The Morgan fingerprint density at radius 3 is 2.45 bits per heavy atom. The molecule has 11 heavy (non-hydrogen) atoms. The van der Waals surface area contributed by atoms with E-state index in [4.69, 9.17) is 17.0 Å². The minimum Gasteiger partial charge on any atom is -0.0755 e. The van der Waals surface area contributed by atoms with Crippen molar-refractivity contribution in [2.75, 3.05) is 0 Å². The molecule has 0 heterocycles. The van der Waals surface area contributed by atoms with Crippen molar-refractivity contribution in [2.45, 2.75) is 13.8 Å². The number of rotatable bonds is 0. The second kappa shape index (κ2) is 2.89. The number of hydrogen-bond acceptors (Lipinski definition) is 1. The number of benzene rings is 1. The van der Waals surface area contributed by atoms with Crippen LogP contribution in [0, 0.1) is 19.2 Å². The quantitative estimate of drug-likeness (QED) is 0.544. The van der Waals surface area contributed by atoms with E-state index < -0.39 is 0 Å². The normalized spacial score (nSPS) is 9.27. The van der Waals surface area contributed by atoms with Gasteiger partial charge in [0.1, 0.15) is 5.02 Å². The fourth-order valence-electron chi connectivity index (χ4n) is 1.03. The Balaban J connectivity index is 3.40. The van der Waals surface area contributed by atoms with Gasteiger partial charge in [0, 0.05) is 5.56 Å². The molecule has 0 aliphatic carbocycles. The van der Waals surface area contributed by atoms with Crippen LogP contribution in [0.2, 0.25) is 5.02 Å². The van der Waals surface area contributed by atoms with Crippen LogP contribution in [0.25, 0.3) is 4.98 Å². The highest BCUT2D eigenvalue weighted by Crippen LogP contribution is 2.29. The molecule has 0 aliphatic heterocycles. The van der Waals surface area contributed by atoms with Crippen molar-refractivity contribution in [1.29, 1.82) is 5.39 Å². The largest absolute Gasteiger partial charge is 0.406 e. The molecule has 1 rings (SSSR count). The predicted octanol–water partition coefficient (Wildman–Crippen LogP) is 3.44. The lowest BCUT2D eigenvalue weighted by molar-refractivity contribution is 1.37. The van der Waals surface area contributed by atoms with Gasteiger partial charge >= 0.3 is 5.69 Å². The average molecular weight is 168 g/mol. The summed E-state index contributed by atoms with van der Waals surface area (Å²) >= 11 is 5.78. The van der Waals surface area contributed by atoms with Gasteiger partial charge in [-0.2, -0.15) is 0 Å². The molecule has 0 amide bonds. The van der Waals surface area contributed by atoms with Gasteiger partial charge in [-0.1, -0.05) is 11.6 Å². The fourth-order valence-corrected chi connectivity index (χ4v) is 1.39. The summed E-state index contributed by atoms with van der Waals surface area (Å²) in [5.74, 6) is 0. The minimum atomic E-state index is 0.456. The summed E-state index contributed by atoms with van der Waals surface area (Å²) in [7, 11) is 0. The van der Waals surface area contributed by atoms with Gasteiger partial charge in [0.15, 0.2) is 4.98 Å². The monoisotopic (exact) mass is 167 g/mol. The van der Waals surface area contributed by atoms with Crippen molar-refractivity contribution in [2.24, 2.45) is 0 Å². The lowest BCUT2D eigenvalue weighted by atomic mass is 10.1. The molecule has 1 aromatic carbocycles. The summed E-state index contributed by atoms with van der Waals surface area (Å²) in [6.07, 6.45) is 0. The maximum absolute atomic E-state index is 8.53. The van der Waals surface area contributed by atoms with Crippen LogP contribution in [0.4, 0.5) is 5.69 Å². The molecule has 0 atom stereocenters. The summed E-state index contributed by atoms with van der Waals surface area (Å²) in [4.78, 5) is 3.08. The van der Waals surface area contributed by atoms with Crippen LogP contribution >= 0.6 is 11.6 Å². The number of hydrogen-bond donors (Lipinski definition) is 0. The second-order valence-electron chi connectivity index (χ2n) is 2.51. The fraction of sp³-hybridized carbons (Fsp3) is 0.250. The Labute approximate surface area is 70.4 Å². The van der Waals surface area contributed by atoms with Gasteiger partial charge in [-0.05, 0) is 31.5 Å². The van der Waals surface area contributed by atoms with Crippen molar-refractivity contribution >= 4 is 17.3 Å². The lowest BCUT2D eigenvalue weighted by Gasteiger charge is -1.92. The van der Waals surface area contributed by atoms with E-state index in [1.54, 1.807) is 6.07 Å². The third-order valence-corrected chi connectivity index (χ3v) is 1.79. The van der Waals surface area contributed by atoms with Crippen LogP contribution in [0.5, 0.6) is 0 Å². The van der Waals surface area contributed by atoms with Gasteiger partial charge in [-0.3, -0.25) is 0 Å². The molecule has 56 valence electrons. The van der Waals surface area contributed by atoms with Crippen LogP contribution in [-0.4, -0.2) is 0 Å². The topological polar surface area (TPSA) is 28.1 Å². The Hall–Kier alpha value is -1.07. The zero-order valence-corrected chi connectivity index (χ0v) is 7.18. The van der Waals surface area contributed by atoms with E-state index >= 15 is 0 Å². The van der Waals surface area contributed by atoms with Crippen molar-refractivity contribution < 1.29 is 0 Å². The number of diazo groups is 1. The van der Waals surface area contributed by atoms with Crippen LogP contribution in [0.1, 0.15) is 11.1 Å². The number of nitrogens with zero attached hydrogens (tertiary/aromatic N) is 2. The van der Waals surface area contributed by atoms with Crippen molar-refractivity contribution in [3.8, 4) is 0 Å². The van der Waals surface area contributed by atoms with E-state index in [1.807, 2.05) is 19.9 Å². The SMILES string of the molecule is Cc1cc(C)c([N+]#N)c(Cl)c1. The van der Waals surface area contributed by atoms with E-state index in [-0.39, 0.29) is 0 Å². The van der Waals surface area contributed by atoms with Gasteiger partial charge in [0.05, 0.1) is 0 Å². The molecule has 0 saturated carbocycles. The molecule has 0 aliphatic rings. The first-order valence-corrected chi connectivity index (χ1v) is 3.65. The van der Waals surface area contributed by atoms with Crippen LogP contribution in [0.3, 0.4) is 0 Å². The van der Waals surface area contributed by atoms with Crippen molar-refractivity contribution in [3.05, 3.63) is 33.3 Å². The lowest BCUT2D eigenvalue weighted by Crippen LogP contribution is -1.77. The van der Waals surface area contributed by atoms with E-state index in [1.165, 1.54) is 0 Å². The molecule has 1 aromatic rings. The average Bonchev–Trinajstić information content (AvgIpc) is 1.85. The molecule has 0 radical (unpaired) electrons. The molecule has 0 unspecified atom stereocenters. The predicted molar refractivity (Wildman–Crippen MR) is 45.7 cm³/mol. The maximum Gasteiger partial charge on any atom is 0.406 e. The number of halogens is 1. The summed E-state index contributed by atoms with van der Waals surface area (Å²) in [6, 6.07) is 3.69. The first-order valence-electron chi connectivity index (χ1n) is 3.27. The van der Waals surface area contributed by atoms with Crippen molar-refractivity contribution in [1.82, 2.24) is 0 Å². The Bertz CT molecular complexity index is 302. The van der Waals surface area contributed by atoms with Gasteiger partial charge in [0.2, 0.25) is 5.39 Å². The van der Waals surface area contributed by atoms with Gasteiger partial charge < -0.3 is 0 Å². The zero-order chi connectivity index (χ0) is 8.43. The van der Waals surface area contributed by atoms with E-state index in [9.17, 15) is 0 Å². The highest BCUT2D eigenvalue weighted by molar-refractivity contribution is 6.33. The second-order valence-corrected chi connectivity index (χ2v) is 2.92. The molecule has 2 nitrogen and oxygen atoms in total. The highest BCUT2D eigenvalue weighted by Gasteiger charge is 2.15. The summed E-state index contributed by atoms with van der Waals surface area (Å²) in [6.45, 7) is 3.80. The Morgan fingerprint density at radius 2 is 2.00 bits per heavy atom. The van der Waals surface area contributed by atoms with Crippen LogP contribution < -0.4 is 0 Å². The molecule has 0 bridgehead atoms. The number of aryl methyl sites for hydroxylation is 2. The van der Waals surface area contributed by atoms with Gasteiger partial charge in [-0.25, -0.2) is 0 Å². The van der Waals surface area contributed by atoms with Gasteiger partial charge in [0.25, 0.3) is 0 Å². The maximum atomic E-state index is 8.53. The molecule has 3 heteroatoms. The molecule has 0 N–H and O–H groups in total. The Kier molecular flexibility index (Phi) is 2.11. The van der Waals surface area contributed by atoms with Crippen molar-refractivity contribution in [3.63, 3.8) is 0 Å². The summed E-state index contributed by atoms with van der Waals surface area (Å²) in [5, 5.41) is 9.02. The Morgan fingerprint density at radius 1 is 1.36 bits per heavy atom. The molecule has 0 aromatic heterocycles. The molecule has 0 saturated heterocycles. The highest BCUT2D eigenvalue weighted by atomic mass is 35.5. The van der Waals surface area contributed by atoms with Gasteiger partial charge in [-0.15, -0.1) is 0 Å². The van der Waals surface area contributed by atoms with E-state index in [2.05, 4.69) is 4.98 Å². The first-order chi connectivity index (χ1) is 5.15. The summed E-state index contributed by atoms with van der Waals surface area (Å²) < 4.78 is 0. The smallest absolute Gasteiger partial charge is 0.0755 e. The third-order valence-electron chi connectivity index (χ3n) is 1.50. The zero-order valence-electron chi connectivity index (χ0n) is 6.43. The molecule has 0 spiro atoms. The molecular formula is C8H8ClN2+. The van der Waals surface area contributed by atoms with E-state index in [0.717, 1.165) is 11.1 Å². The molecular weight excluding hydrogens is 160 g/mol. The standard InChI is InChI=1S/C8H8ClN2/c1-5-3-6(2)8(11-10)7(9)4-5/h3-4H,1-2H3/q+1. The van der Waals surface area contributed by atoms with Crippen LogP contribution in [-0.2, 0) is 0 Å². The summed E-state index contributed by atoms with van der Waals surface area (Å²) in [5.41, 5.74) is 2.41. The minimum absolute atomic E-state index is 0.456. The van der Waals surface area contributed by atoms with E-state index in [0.29, 0.717) is 10.7 Å². The van der Waals surface area contributed by atoms with Crippen LogP contribution in [0.15, 0.2) is 12.1 Å². The first kappa shape index (κ1) is 8.03. The molecule has 0 fully saturated rings. The third kappa shape index (κ3) is 1.50.